The van der Waals surface area contributed by atoms with Gasteiger partial charge < -0.3 is 15.5 Å². The van der Waals surface area contributed by atoms with E-state index in [1.54, 1.807) is 0 Å². The van der Waals surface area contributed by atoms with Crippen LogP contribution < -0.4 is 10.6 Å². The summed E-state index contributed by atoms with van der Waals surface area (Å²) in [5.41, 5.74) is 1.70. The fourth-order valence-corrected chi connectivity index (χ4v) is 4.06. The van der Waals surface area contributed by atoms with Crippen molar-refractivity contribution in [3.8, 4) is 0 Å². The Morgan fingerprint density at radius 1 is 1.19 bits per heavy atom. The van der Waals surface area contributed by atoms with E-state index in [2.05, 4.69) is 17.6 Å². The second-order valence-corrected chi connectivity index (χ2v) is 7.78. The van der Waals surface area contributed by atoms with Crippen molar-refractivity contribution in [3.63, 3.8) is 0 Å². The smallest absolute Gasteiger partial charge is 0.261 e. The van der Waals surface area contributed by atoms with E-state index >= 15 is 0 Å². The molecule has 5 nitrogen and oxygen atoms in total. The molecule has 1 fully saturated rings. The van der Waals surface area contributed by atoms with Crippen LogP contribution in [0.2, 0.25) is 0 Å². The molecular weight excluding hydrogens is 358 g/mol. The highest BCUT2D eigenvalue weighted by atomic mass is 32.1. The second-order valence-electron chi connectivity index (χ2n) is 6.84. The molecule has 0 aliphatic carbocycles. The average Bonchev–Trinajstić information content (AvgIpc) is 3.26. The molecule has 1 aromatic heterocycles. The summed E-state index contributed by atoms with van der Waals surface area (Å²) >= 11 is 1.43. The first-order chi connectivity index (χ1) is 13.2. The van der Waals surface area contributed by atoms with E-state index in [-0.39, 0.29) is 11.8 Å². The molecule has 2 aromatic rings. The number of hydrogen-bond donors (Lipinski definition) is 2. The summed E-state index contributed by atoms with van der Waals surface area (Å²) in [6.45, 7) is 5.31. The number of hydrogen-bond acceptors (Lipinski definition) is 4. The lowest BCUT2D eigenvalue weighted by atomic mass is 10.0. The fraction of sp³-hybridized carbons (Fsp3) is 0.429. The Balaban J connectivity index is 1.60. The van der Waals surface area contributed by atoms with E-state index in [1.165, 1.54) is 11.3 Å². The Morgan fingerprint density at radius 3 is 2.56 bits per heavy atom. The maximum Gasteiger partial charge on any atom is 0.261 e. The van der Waals surface area contributed by atoms with Crippen LogP contribution in [0, 0.1) is 0 Å². The van der Waals surface area contributed by atoms with Crippen molar-refractivity contribution in [1.82, 2.24) is 15.5 Å². The predicted octanol–water partition coefficient (Wildman–Crippen LogP) is 3.28. The van der Waals surface area contributed by atoms with Crippen LogP contribution in [0.1, 0.15) is 51.8 Å². The summed E-state index contributed by atoms with van der Waals surface area (Å²) in [5, 5.41) is 8.16. The van der Waals surface area contributed by atoms with Crippen molar-refractivity contribution in [3.05, 3.63) is 57.8 Å². The van der Waals surface area contributed by atoms with Crippen molar-refractivity contribution in [1.29, 1.82) is 0 Å². The number of amides is 2. The van der Waals surface area contributed by atoms with Crippen LogP contribution in [0.4, 0.5) is 0 Å². The number of benzene rings is 1. The minimum atomic E-state index is -0.0646. The van der Waals surface area contributed by atoms with E-state index in [4.69, 9.17) is 0 Å². The minimum Gasteiger partial charge on any atom is -0.347 e. The average molecular weight is 386 g/mol. The van der Waals surface area contributed by atoms with Gasteiger partial charge in [0.05, 0.1) is 4.88 Å². The van der Waals surface area contributed by atoms with Gasteiger partial charge in [-0.15, -0.1) is 11.3 Å². The highest BCUT2D eigenvalue weighted by Gasteiger charge is 2.25. The molecule has 1 saturated heterocycles. The Hall–Kier alpha value is -2.18. The molecule has 0 saturated carbocycles. The van der Waals surface area contributed by atoms with Crippen LogP contribution >= 0.6 is 11.3 Å². The lowest BCUT2D eigenvalue weighted by molar-refractivity contribution is 0.0642. The van der Waals surface area contributed by atoms with E-state index in [1.807, 2.05) is 46.7 Å². The molecule has 27 heavy (non-hydrogen) atoms. The summed E-state index contributed by atoms with van der Waals surface area (Å²) in [7, 11) is 0. The van der Waals surface area contributed by atoms with Crippen LogP contribution in [0.25, 0.3) is 0 Å². The molecule has 2 N–H and O–H groups in total. The van der Waals surface area contributed by atoms with Crippen molar-refractivity contribution in [2.75, 3.05) is 19.6 Å². The largest absolute Gasteiger partial charge is 0.347 e. The summed E-state index contributed by atoms with van der Waals surface area (Å²) in [4.78, 5) is 27.8. The Morgan fingerprint density at radius 2 is 1.93 bits per heavy atom. The molecular formula is C21H27N3O2S. The first-order valence-electron chi connectivity index (χ1n) is 9.61. The van der Waals surface area contributed by atoms with Crippen molar-refractivity contribution >= 4 is 23.2 Å². The second kappa shape index (κ2) is 9.67. The van der Waals surface area contributed by atoms with Gasteiger partial charge >= 0.3 is 0 Å². The van der Waals surface area contributed by atoms with Crippen molar-refractivity contribution < 1.29 is 9.59 Å². The van der Waals surface area contributed by atoms with Crippen molar-refractivity contribution in [2.24, 2.45) is 0 Å². The number of piperidine rings is 1. The van der Waals surface area contributed by atoms with Crippen LogP contribution in [-0.4, -0.2) is 42.4 Å². The highest BCUT2D eigenvalue weighted by molar-refractivity contribution is 7.12. The van der Waals surface area contributed by atoms with Gasteiger partial charge in [0.15, 0.2) is 0 Å². The SMILES string of the molecule is CCCN(C(=O)c1ccc(CNC(=O)c2cccs2)cc1)C1CCNCC1. The lowest BCUT2D eigenvalue weighted by Gasteiger charge is -2.34. The van der Waals surface area contributed by atoms with Crippen LogP contribution in [0.3, 0.4) is 0 Å². The van der Waals surface area contributed by atoms with Crippen LogP contribution in [0.5, 0.6) is 0 Å². The molecule has 2 heterocycles. The number of carbonyl (C=O) groups is 2. The molecule has 0 unspecified atom stereocenters. The van der Waals surface area contributed by atoms with E-state index in [0.717, 1.165) is 50.0 Å². The van der Waals surface area contributed by atoms with Gasteiger partial charge in [-0.3, -0.25) is 9.59 Å². The van der Waals surface area contributed by atoms with E-state index in [0.29, 0.717) is 17.5 Å². The number of nitrogens with zero attached hydrogens (tertiary/aromatic N) is 1. The molecule has 0 bridgehead atoms. The minimum absolute atomic E-state index is 0.0646. The summed E-state index contributed by atoms with van der Waals surface area (Å²) < 4.78 is 0. The maximum atomic E-state index is 13.0. The molecule has 0 spiro atoms. The summed E-state index contributed by atoms with van der Waals surface area (Å²) in [6.07, 6.45) is 2.99. The maximum absolute atomic E-state index is 13.0. The molecule has 3 rings (SSSR count). The summed E-state index contributed by atoms with van der Waals surface area (Å²) in [5.74, 6) is 0.0445. The first kappa shape index (κ1) is 19.6. The van der Waals surface area contributed by atoms with Gasteiger partial charge in [-0.2, -0.15) is 0 Å². The number of thiophene rings is 1. The molecule has 6 heteroatoms. The Bertz CT molecular complexity index is 737. The fourth-order valence-electron chi connectivity index (χ4n) is 3.42. The van der Waals surface area contributed by atoms with Crippen molar-refractivity contribution in [2.45, 2.75) is 38.8 Å². The lowest BCUT2D eigenvalue weighted by Crippen LogP contribution is -2.46. The molecule has 144 valence electrons. The van der Waals surface area contributed by atoms with Gasteiger partial charge in [-0.1, -0.05) is 25.1 Å². The van der Waals surface area contributed by atoms with Gasteiger partial charge in [0.2, 0.25) is 0 Å². The highest BCUT2D eigenvalue weighted by Crippen LogP contribution is 2.17. The van der Waals surface area contributed by atoms with E-state index < -0.39 is 0 Å². The third-order valence-corrected chi connectivity index (χ3v) is 5.74. The molecule has 0 radical (unpaired) electrons. The topological polar surface area (TPSA) is 61.4 Å². The van der Waals surface area contributed by atoms with Crippen LogP contribution in [0.15, 0.2) is 41.8 Å². The number of rotatable bonds is 7. The van der Waals surface area contributed by atoms with Gasteiger partial charge in [0.25, 0.3) is 11.8 Å². The molecule has 0 atom stereocenters. The van der Waals surface area contributed by atoms with Gasteiger partial charge in [-0.05, 0) is 61.5 Å². The standard InChI is InChI=1S/C21H27N3O2S/c1-2-13-24(18-9-11-22-12-10-18)21(26)17-7-5-16(6-8-17)15-23-20(25)19-4-3-14-27-19/h3-8,14,18,22H,2,9-13,15H2,1H3,(H,23,25). The van der Waals surface area contributed by atoms with E-state index in [9.17, 15) is 9.59 Å². The monoisotopic (exact) mass is 385 g/mol. The summed E-state index contributed by atoms with van der Waals surface area (Å²) in [6, 6.07) is 11.6. The first-order valence-corrected chi connectivity index (χ1v) is 10.5. The molecule has 1 aromatic carbocycles. The zero-order valence-electron chi connectivity index (χ0n) is 15.7. The van der Waals surface area contributed by atoms with Gasteiger partial charge in [0, 0.05) is 24.7 Å². The van der Waals surface area contributed by atoms with Gasteiger partial charge in [-0.25, -0.2) is 0 Å². The Kier molecular flexibility index (Phi) is 7.01. The molecule has 1 aliphatic rings. The molecule has 2 amide bonds. The zero-order chi connectivity index (χ0) is 19.1. The number of carbonyl (C=O) groups excluding carboxylic acids is 2. The number of nitrogens with one attached hydrogen (secondary N) is 2. The molecule has 1 aliphatic heterocycles. The third-order valence-electron chi connectivity index (χ3n) is 4.87. The third kappa shape index (κ3) is 5.17. The predicted molar refractivity (Wildman–Crippen MR) is 109 cm³/mol. The zero-order valence-corrected chi connectivity index (χ0v) is 16.6. The Labute approximate surface area is 164 Å². The van der Waals surface area contributed by atoms with Gasteiger partial charge in [0.1, 0.15) is 0 Å². The van der Waals surface area contributed by atoms with Crippen LogP contribution in [-0.2, 0) is 6.54 Å². The quantitative estimate of drug-likeness (QED) is 0.769. The normalized spacial score (nSPS) is 14.7.